The highest BCUT2D eigenvalue weighted by molar-refractivity contribution is 5.80. The molecule has 0 amide bonds. The van der Waals surface area contributed by atoms with Crippen LogP contribution in [0.3, 0.4) is 0 Å². The maximum absolute atomic E-state index is 12.9. The van der Waals surface area contributed by atoms with E-state index in [4.69, 9.17) is 4.99 Å². The largest absolute Gasteiger partial charge is 0.403 e. The number of hydrogen-bond acceptors (Lipinski definition) is 3. The van der Waals surface area contributed by atoms with Gasteiger partial charge in [-0.2, -0.15) is 13.2 Å². The van der Waals surface area contributed by atoms with Gasteiger partial charge in [0.05, 0.1) is 0 Å². The Morgan fingerprint density at radius 2 is 1.85 bits per heavy atom. The van der Waals surface area contributed by atoms with Gasteiger partial charge in [0.15, 0.2) is 5.96 Å². The first-order chi connectivity index (χ1) is 12.3. The van der Waals surface area contributed by atoms with Gasteiger partial charge < -0.3 is 15.1 Å². The van der Waals surface area contributed by atoms with Crippen LogP contribution in [0.2, 0.25) is 0 Å². The maximum Gasteiger partial charge on any atom is 0.403 e. The second-order valence-corrected chi connectivity index (χ2v) is 7.39. The number of guanidine groups is 1. The van der Waals surface area contributed by atoms with E-state index in [1.165, 1.54) is 24.7 Å². The molecule has 0 aromatic heterocycles. The molecule has 2 aliphatic rings. The molecule has 2 atom stereocenters. The number of likely N-dealkylation sites (tertiary alicyclic amines) is 1. The van der Waals surface area contributed by atoms with Crippen molar-refractivity contribution in [3.63, 3.8) is 0 Å². The number of halogens is 3. The third-order valence-corrected chi connectivity index (χ3v) is 5.38. The lowest BCUT2D eigenvalue weighted by atomic mass is 10.1. The smallest absolute Gasteiger partial charge is 0.357 e. The first-order valence-electron chi connectivity index (χ1n) is 9.91. The van der Waals surface area contributed by atoms with Crippen LogP contribution in [0.25, 0.3) is 0 Å². The number of rotatable bonds is 6. The predicted octanol–water partition coefficient (Wildman–Crippen LogP) is 2.25. The van der Waals surface area contributed by atoms with Crippen LogP contribution < -0.4 is 5.32 Å². The monoisotopic (exact) mass is 377 g/mol. The fourth-order valence-electron chi connectivity index (χ4n) is 3.75. The van der Waals surface area contributed by atoms with Crippen molar-refractivity contribution in [2.24, 2.45) is 10.9 Å². The summed E-state index contributed by atoms with van der Waals surface area (Å²) in [6.45, 7) is 12.4. The summed E-state index contributed by atoms with van der Waals surface area (Å²) < 4.78 is 38.7. The van der Waals surface area contributed by atoms with Gasteiger partial charge in [-0.05, 0) is 45.7 Å². The number of alkyl halides is 3. The zero-order valence-corrected chi connectivity index (χ0v) is 16.4. The molecule has 26 heavy (non-hydrogen) atoms. The molecule has 0 aliphatic carbocycles. The van der Waals surface area contributed by atoms with Crippen molar-refractivity contribution in [1.29, 1.82) is 0 Å². The Balaban J connectivity index is 1.86. The molecular weight excluding hydrogens is 343 g/mol. The fourth-order valence-corrected chi connectivity index (χ4v) is 3.75. The van der Waals surface area contributed by atoms with E-state index in [0.29, 0.717) is 32.1 Å². The molecule has 0 spiro atoms. The van der Waals surface area contributed by atoms with Gasteiger partial charge in [0.2, 0.25) is 0 Å². The molecule has 2 heterocycles. The van der Waals surface area contributed by atoms with Crippen molar-refractivity contribution in [2.75, 3.05) is 58.9 Å². The van der Waals surface area contributed by atoms with E-state index in [1.807, 2.05) is 6.92 Å². The molecule has 0 aromatic rings. The quantitative estimate of drug-likeness (QED) is 0.569. The summed E-state index contributed by atoms with van der Waals surface area (Å²) in [4.78, 5) is 10.9. The van der Waals surface area contributed by atoms with E-state index in [1.54, 1.807) is 0 Å². The summed E-state index contributed by atoms with van der Waals surface area (Å²) in [6, 6.07) is -1.38. The topological polar surface area (TPSA) is 34.1 Å². The second-order valence-electron chi connectivity index (χ2n) is 7.39. The highest BCUT2D eigenvalue weighted by Crippen LogP contribution is 2.25. The molecule has 0 saturated carbocycles. The minimum Gasteiger partial charge on any atom is -0.357 e. The van der Waals surface area contributed by atoms with Gasteiger partial charge in [0.25, 0.3) is 0 Å². The van der Waals surface area contributed by atoms with E-state index in [0.717, 1.165) is 38.7 Å². The molecule has 0 radical (unpaired) electrons. The second kappa shape index (κ2) is 9.78. The van der Waals surface area contributed by atoms with Crippen LogP contribution in [-0.4, -0.2) is 91.8 Å². The van der Waals surface area contributed by atoms with Crippen molar-refractivity contribution >= 4 is 5.96 Å². The summed E-state index contributed by atoms with van der Waals surface area (Å²) in [5.74, 6) is 1.43. The van der Waals surface area contributed by atoms with Gasteiger partial charge in [-0.15, -0.1) is 0 Å². The van der Waals surface area contributed by atoms with Gasteiger partial charge in [0, 0.05) is 45.8 Å². The summed E-state index contributed by atoms with van der Waals surface area (Å²) in [5, 5.41) is 3.31. The molecule has 152 valence electrons. The van der Waals surface area contributed by atoms with E-state index >= 15 is 0 Å². The van der Waals surface area contributed by atoms with Crippen LogP contribution in [0.15, 0.2) is 4.99 Å². The number of nitrogens with one attached hydrogen (secondary N) is 1. The Morgan fingerprint density at radius 1 is 1.15 bits per heavy atom. The summed E-state index contributed by atoms with van der Waals surface area (Å²) in [5.41, 5.74) is 0. The van der Waals surface area contributed by atoms with Crippen molar-refractivity contribution < 1.29 is 13.2 Å². The molecule has 2 rings (SSSR count). The van der Waals surface area contributed by atoms with E-state index in [-0.39, 0.29) is 0 Å². The molecule has 0 bridgehead atoms. The average Bonchev–Trinajstić information content (AvgIpc) is 3.05. The average molecular weight is 377 g/mol. The predicted molar refractivity (Wildman–Crippen MR) is 99.5 cm³/mol. The maximum atomic E-state index is 12.9. The van der Waals surface area contributed by atoms with E-state index in [2.05, 4.69) is 22.0 Å². The normalized spacial score (nSPS) is 24.9. The molecule has 1 N–H and O–H groups in total. The molecular formula is C18H34F3N5. The molecule has 2 aliphatic heterocycles. The number of hydrogen-bond donors (Lipinski definition) is 1. The Labute approximate surface area is 155 Å². The van der Waals surface area contributed by atoms with Crippen molar-refractivity contribution in [3.8, 4) is 0 Å². The SMILES string of the molecule is CCCN1CCC(CN=C(NCC)N2CCN(C(C)C(F)(F)F)CC2)C1. The summed E-state index contributed by atoms with van der Waals surface area (Å²) in [7, 11) is 0. The first-order valence-corrected chi connectivity index (χ1v) is 9.91. The van der Waals surface area contributed by atoms with Crippen molar-refractivity contribution in [1.82, 2.24) is 20.0 Å². The number of aliphatic imine (C=N–C) groups is 1. The van der Waals surface area contributed by atoms with Crippen LogP contribution in [0.4, 0.5) is 13.2 Å². The fraction of sp³-hybridized carbons (Fsp3) is 0.944. The number of nitrogens with zero attached hydrogens (tertiary/aromatic N) is 4. The van der Waals surface area contributed by atoms with Crippen LogP contribution in [0.5, 0.6) is 0 Å². The highest BCUT2D eigenvalue weighted by atomic mass is 19.4. The Bertz CT molecular complexity index is 447. The van der Waals surface area contributed by atoms with E-state index < -0.39 is 12.2 Å². The first kappa shape index (κ1) is 21.3. The molecule has 2 fully saturated rings. The summed E-state index contributed by atoms with van der Waals surface area (Å²) in [6.07, 6.45) is -1.80. The zero-order chi connectivity index (χ0) is 19.2. The van der Waals surface area contributed by atoms with Gasteiger partial charge in [-0.25, -0.2) is 0 Å². The Hall–Kier alpha value is -1.02. The van der Waals surface area contributed by atoms with Crippen LogP contribution in [-0.2, 0) is 0 Å². The third-order valence-electron chi connectivity index (χ3n) is 5.38. The Kier molecular flexibility index (Phi) is 8.01. The lowest BCUT2D eigenvalue weighted by Crippen LogP contribution is -2.56. The highest BCUT2D eigenvalue weighted by Gasteiger charge is 2.41. The van der Waals surface area contributed by atoms with Gasteiger partial charge >= 0.3 is 6.18 Å². The zero-order valence-electron chi connectivity index (χ0n) is 16.4. The van der Waals surface area contributed by atoms with Gasteiger partial charge in [0.1, 0.15) is 6.04 Å². The lowest BCUT2D eigenvalue weighted by molar-refractivity contribution is -0.181. The van der Waals surface area contributed by atoms with E-state index in [9.17, 15) is 13.2 Å². The van der Waals surface area contributed by atoms with Crippen LogP contribution in [0.1, 0.15) is 33.6 Å². The van der Waals surface area contributed by atoms with Crippen LogP contribution in [0, 0.1) is 5.92 Å². The molecule has 5 nitrogen and oxygen atoms in total. The minimum absolute atomic E-state index is 0.415. The van der Waals surface area contributed by atoms with Crippen LogP contribution >= 0.6 is 0 Å². The third kappa shape index (κ3) is 6.01. The lowest BCUT2D eigenvalue weighted by Gasteiger charge is -2.39. The van der Waals surface area contributed by atoms with Gasteiger partial charge in [-0.3, -0.25) is 9.89 Å². The van der Waals surface area contributed by atoms with Gasteiger partial charge in [-0.1, -0.05) is 6.92 Å². The summed E-state index contributed by atoms with van der Waals surface area (Å²) >= 11 is 0. The number of piperazine rings is 1. The standard InChI is InChI=1S/C18H34F3N5/c1-4-7-24-8-6-16(14-24)13-23-17(22-5-2)26-11-9-25(10-12-26)15(3)18(19,20)21/h15-16H,4-14H2,1-3H3,(H,22,23). The van der Waals surface area contributed by atoms with Crippen molar-refractivity contribution in [3.05, 3.63) is 0 Å². The minimum atomic E-state index is -4.16. The molecule has 0 aromatic carbocycles. The Morgan fingerprint density at radius 3 is 2.42 bits per heavy atom. The molecule has 8 heteroatoms. The van der Waals surface area contributed by atoms with Crippen molar-refractivity contribution in [2.45, 2.75) is 45.8 Å². The molecule has 2 saturated heterocycles. The molecule has 2 unspecified atom stereocenters.